The lowest BCUT2D eigenvalue weighted by atomic mass is 10.1. The number of hydrogen-bond donors (Lipinski definition) is 2. The highest BCUT2D eigenvalue weighted by atomic mass is 32.2. The van der Waals surface area contributed by atoms with Crippen molar-refractivity contribution >= 4 is 21.8 Å². The van der Waals surface area contributed by atoms with Gasteiger partial charge in [-0.2, -0.15) is 0 Å². The summed E-state index contributed by atoms with van der Waals surface area (Å²) in [5.41, 5.74) is 5.27. The van der Waals surface area contributed by atoms with E-state index < -0.39 is 27.7 Å². The molecule has 0 aliphatic rings. The van der Waals surface area contributed by atoms with Crippen molar-refractivity contribution in [3.8, 4) is 0 Å². The summed E-state index contributed by atoms with van der Waals surface area (Å²) in [6.07, 6.45) is -0.0272. The van der Waals surface area contributed by atoms with E-state index in [0.717, 1.165) is 4.31 Å². The number of carbonyl (C=O) groups is 2. The maximum atomic E-state index is 12.8. The molecule has 0 aromatic heterocycles. The van der Waals surface area contributed by atoms with Gasteiger partial charge in [-0.3, -0.25) is 20.4 Å². The van der Waals surface area contributed by atoms with Gasteiger partial charge in [-0.25, -0.2) is 17.1 Å². The molecule has 138 valence electrons. The van der Waals surface area contributed by atoms with Crippen LogP contribution < -0.4 is 10.9 Å². The van der Waals surface area contributed by atoms with E-state index in [1.54, 1.807) is 0 Å². The van der Waals surface area contributed by atoms with Crippen LogP contribution in [0.3, 0.4) is 0 Å². The highest BCUT2D eigenvalue weighted by Gasteiger charge is 2.17. The quantitative estimate of drug-likeness (QED) is 0.760. The molecule has 0 saturated carbocycles. The van der Waals surface area contributed by atoms with Crippen LogP contribution >= 0.6 is 0 Å². The van der Waals surface area contributed by atoms with Gasteiger partial charge in [-0.15, -0.1) is 0 Å². The second-order valence-corrected chi connectivity index (χ2v) is 7.77. The van der Waals surface area contributed by atoms with Crippen LogP contribution in [0.2, 0.25) is 0 Å². The lowest BCUT2D eigenvalue weighted by Gasteiger charge is -2.12. The molecule has 0 atom stereocenters. The average molecular weight is 379 g/mol. The Morgan fingerprint density at radius 3 is 2.08 bits per heavy atom. The van der Waals surface area contributed by atoms with Gasteiger partial charge in [0.25, 0.3) is 5.91 Å². The average Bonchev–Trinajstić information content (AvgIpc) is 2.61. The number of amides is 2. The molecule has 2 aromatic rings. The van der Waals surface area contributed by atoms with E-state index in [4.69, 9.17) is 0 Å². The molecule has 0 aliphatic heterocycles. The summed E-state index contributed by atoms with van der Waals surface area (Å²) in [6.45, 7) is 0. The maximum Gasteiger partial charge on any atom is 0.269 e. The first-order valence-electron chi connectivity index (χ1n) is 7.56. The molecule has 0 radical (unpaired) electrons. The van der Waals surface area contributed by atoms with Gasteiger partial charge in [0.2, 0.25) is 15.9 Å². The highest BCUT2D eigenvalue weighted by molar-refractivity contribution is 7.89. The van der Waals surface area contributed by atoms with Crippen molar-refractivity contribution in [1.82, 2.24) is 15.2 Å². The zero-order chi connectivity index (χ0) is 19.3. The monoisotopic (exact) mass is 379 g/mol. The summed E-state index contributed by atoms with van der Waals surface area (Å²) >= 11 is 0. The lowest BCUT2D eigenvalue weighted by molar-refractivity contribution is -0.121. The molecular weight excluding hydrogens is 361 g/mol. The van der Waals surface area contributed by atoms with E-state index in [9.17, 15) is 22.4 Å². The molecule has 7 nitrogen and oxygen atoms in total. The van der Waals surface area contributed by atoms with Crippen LogP contribution in [0.4, 0.5) is 4.39 Å². The van der Waals surface area contributed by atoms with E-state index in [2.05, 4.69) is 10.9 Å². The van der Waals surface area contributed by atoms with Gasteiger partial charge in [0, 0.05) is 19.7 Å². The van der Waals surface area contributed by atoms with Gasteiger partial charge in [-0.05, 0) is 42.0 Å². The lowest BCUT2D eigenvalue weighted by Crippen LogP contribution is -2.42. The Hall–Kier alpha value is -2.78. The molecule has 0 aliphatic carbocycles. The predicted molar refractivity (Wildman–Crippen MR) is 93.0 cm³/mol. The Morgan fingerprint density at radius 1 is 0.962 bits per heavy atom. The Balaban J connectivity index is 1.93. The molecule has 2 rings (SSSR count). The molecule has 0 unspecified atom stereocenters. The van der Waals surface area contributed by atoms with E-state index >= 15 is 0 Å². The van der Waals surface area contributed by atoms with Crippen LogP contribution in [0.15, 0.2) is 53.4 Å². The Bertz CT molecular complexity index is 895. The van der Waals surface area contributed by atoms with Gasteiger partial charge in [0.15, 0.2) is 0 Å². The minimum absolute atomic E-state index is 0.0272. The summed E-state index contributed by atoms with van der Waals surface area (Å²) in [5.74, 6) is -1.47. The third-order valence-corrected chi connectivity index (χ3v) is 5.32. The number of rotatable bonds is 5. The molecule has 0 bridgehead atoms. The molecule has 26 heavy (non-hydrogen) atoms. The van der Waals surface area contributed by atoms with E-state index in [1.807, 2.05) is 0 Å². The number of hydrazine groups is 1. The zero-order valence-corrected chi connectivity index (χ0v) is 15.0. The van der Waals surface area contributed by atoms with Crippen molar-refractivity contribution in [3.05, 3.63) is 65.5 Å². The Kier molecular flexibility index (Phi) is 6.06. The minimum Gasteiger partial charge on any atom is -0.273 e. The fraction of sp³-hybridized carbons (Fsp3) is 0.176. The smallest absolute Gasteiger partial charge is 0.269 e. The number of halogens is 1. The molecular formula is C17H18FN3O4S. The van der Waals surface area contributed by atoms with E-state index in [0.29, 0.717) is 5.56 Å². The van der Waals surface area contributed by atoms with Gasteiger partial charge in [0.05, 0.1) is 11.3 Å². The third-order valence-electron chi connectivity index (χ3n) is 3.49. The number of benzene rings is 2. The first-order chi connectivity index (χ1) is 12.2. The van der Waals surface area contributed by atoms with Crippen LogP contribution in [0, 0.1) is 5.82 Å². The summed E-state index contributed by atoms with van der Waals surface area (Å²) in [4.78, 5) is 23.9. The topological polar surface area (TPSA) is 95.6 Å². The Labute approximate surface area is 150 Å². The van der Waals surface area contributed by atoms with Crippen LogP contribution in [0.1, 0.15) is 15.9 Å². The van der Waals surface area contributed by atoms with Gasteiger partial charge in [0.1, 0.15) is 5.82 Å². The maximum absolute atomic E-state index is 12.8. The molecule has 2 amide bonds. The Morgan fingerprint density at radius 2 is 1.54 bits per heavy atom. The molecule has 0 fully saturated rings. The van der Waals surface area contributed by atoms with Crippen molar-refractivity contribution in [2.75, 3.05) is 14.1 Å². The molecule has 0 heterocycles. The predicted octanol–water partition coefficient (Wildman–Crippen LogP) is 1.08. The third kappa shape index (κ3) is 4.87. The molecule has 9 heteroatoms. The van der Waals surface area contributed by atoms with Crippen molar-refractivity contribution < 1.29 is 22.4 Å². The first-order valence-corrected chi connectivity index (χ1v) is 9.00. The normalized spacial score (nSPS) is 11.2. The summed E-state index contributed by atoms with van der Waals surface area (Å²) in [6, 6.07) is 10.7. The van der Waals surface area contributed by atoms with Crippen molar-refractivity contribution in [1.29, 1.82) is 0 Å². The second-order valence-electron chi connectivity index (χ2n) is 5.62. The van der Waals surface area contributed by atoms with Gasteiger partial charge >= 0.3 is 0 Å². The fourth-order valence-corrected chi connectivity index (χ4v) is 2.92. The van der Waals surface area contributed by atoms with Crippen LogP contribution in [0.25, 0.3) is 0 Å². The van der Waals surface area contributed by atoms with Crippen LogP contribution in [0.5, 0.6) is 0 Å². The number of carbonyl (C=O) groups excluding carboxylic acids is 2. The van der Waals surface area contributed by atoms with E-state index in [1.165, 1.54) is 62.6 Å². The number of nitrogens with one attached hydrogen (secondary N) is 2. The molecule has 2 aromatic carbocycles. The highest BCUT2D eigenvalue weighted by Crippen LogP contribution is 2.13. The summed E-state index contributed by atoms with van der Waals surface area (Å²) in [5, 5.41) is 0. The summed E-state index contributed by atoms with van der Waals surface area (Å²) < 4.78 is 37.8. The summed E-state index contributed by atoms with van der Waals surface area (Å²) in [7, 11) is -0.759. The molecule has 0 saturated heterocycles. The number of nitrogens with zero attached hydrogens (tertiary/aromatic N) is 1. The van der Waals surface area contributed by atoms with Crippen molar-refractivity contribution in [2.24, 2.45) is 0 Å². The zero-order valence-electron chi connectivity index (χ0n) is 14.2. The van der Waals surface area contributed by atoms with Gasteiger partial charge < -0.3 is 0 Å². The first kappa shape index (κ1) is 19.5. The van der Waals surface area contributed by atoms with Gasteiger partial charge in [-0.1, -0.05) is 12.1 Å². The van der Waals surface area contributed by atoms with Crippen LogP contribution in [-0.4, -0.2) is 38.6 Å². The fourth-order valence-electron chi connectivity index (χ4n) is 2.02. The number of hydrogen-bond acceptors (Lipinski definition) is 4. The largest absolute Gasteiger partial charge is 0.273 e. The second kappa shape index (κ2) is 8.07. The number of sulfonamides is 1. The minimum atomic E-state index is -3.58. The molecule has 0 spiro atoms. The van der Waals surface area contributed by atoms with Crippen LogP contribution in [-0.2, 0) is 21.2 Å². The molecule has 2 N–H and O–H groups in total. The SMILES string of the molecule is CN(C)S(=O)(=O)c1ccc(C(=O)NNC(=O)Cc2ccc(F)cc2)cc1. The van der Waals surface area contributed by atoms with E-state index in [-0.39, 0.29) is 16.9 Å². The van der Waals surface area contributed by atoms with Crippen molar-refractivity contribution in [2.45, 2.75) is 11.3 Å². The standard InChI is InChI=1S/C17H18FN3O4S/c1-21(2)26(24,25)15-9-5-13(6-10-15)17(23)20-19-16(22)11-12-3-7-14(18)8-4-12/h3-10H,11H2,1-2H3,(H,19,22)(H,20,23). The van der Waals surface area contributed by atoms with Crippen molar-refractivity contribution in [3.63, 3.8) is 0 Å².